The van der Waals surface area contributed by atoms with Gasteiger partial charge in [-0.2, -0.15) is 0 Å². The maximum absolute atomic E-state index is 13.6. The Hall–Kier alpha value is -2.73. The van der Waals surface area contributed by atoms with Crippen LogP contribution in [0, 0.1) is 5.82 Å². The van der Waals surface area contributed by atoms with Gasteiger partial charge in [0, 0.05) is 18.7 Å². The Labute approximate surface area is 145 Å². The van der Waals surface area contributed by atoms with Gasteiger partial charge in [0.15, 0.2) is 0 Å². The smallest absolute Gasteiger partial charge is 0.235 e. The largest absolute Gasteiger partial charge is 0.368 e. The van der Waals surface area contributed by atoms with Crippen molar-refractivity contribution >= 4 is 11.8 Å². The van der Waals surface area contributed by atoms with Gasteiger partial charge >= 0.3 is 0 Å². The molecule has 0 spiro atoms. The number of hydrogen-bond donors (Lipinski definition) is 2. The number of fused-ring (bicyclic) bond motifs is 1. The molecule has 5 nitrogen and oxygen atoms in total. The highest BCUT2D eigenvalue weighted by Crippen LogP contribution is 2.22. The summed E-state index contributed by atoms with van der Waals surface area (Å²) in [6.45, 7) is 0.629. The molecule has 0 saturated carbocycles. The van der Waals surface area contributed by atoms with Gasteiger partial charge in [0.2, 0.25) is 11.8 Å². The molecule has 1 heterocycles. The van der Waals surface area contributed by atoms with Gasteiger partial charge in [-0.1, -0.05) is 42.5 Å². The van der Waals surface area contributed by atoms with Crippen LogP contribution in [-0.2, 0) is 29.1 Å². The molecule has 1 aliphatic heterocycles. The normalized spacial score (nSPS) is 16.9. The number of halogens is 1. The summed E-state index contributed by atoms with van der Waals surface area (Å²) >= 11 is 0. The average molecular weight is 341 g/mol. The number of carbonyl (C=O) groups excluding carboxylic acids is 2. The molecule has 0 radical (unpaired) electrons. The standard InChI is InChI=1S/C19H20FN3O2/c20-16-8-4-3-6-14(16)10-22-18(24)12-23-11-15-7-2-1-5-13(15)9-17(23)19(21)25/h1-8,17H,9-12H2,(H2,21,25)(H,22,24)/t17-/m0/s1. The lowest BCUT2D eigenvalue weighted by molar-refractivity contribution is -0.127. The quantitative estimate of drug-likeness (QED) is 0.862. The number of carbonyl (C=O) groups is 2. The number of nitrogens with zero attached hydrogens (tertiary/aromatic N) is 1. The van der Waals surface area contributed by atoms with E-state index in [1.807, 2.05) is 24.3 Å². The third-order valence-electron chi connectivity index (χ3n) is 4.45. The van der Waals surface area contributed by atoms with Gasteiger partial charge in [-0.15, -0.1) is 0 Å². The summed E-state index contributed by atoms with van der Waals surface area (Å²) in [7, 11) is 0. The number of hydrogen-bond acceptors (Lipinski definition) is 3. The number of nitrogens with two attached hydrogens (primary N) is 1. The van der Waals surface area contributed by atoms with Crippen LogP contribution in [0.1, 0.15) is 16.7 Å². The van der Waals surface area contributed by atoms with Crippen molar-refractivity contribution < 1.29 is 14.0 Å². The highest BCUT2D eigenvalue weighted by atomic mass is 19.1. The molecule has 2 amide bonds. The third kappa shape index (κ3) is 4.03. The lowest BCUT2D eigenvalue weighted by Crippen LogP contribution is -2.51. The van der Waals surface area contributed by atoms with Crippen LogP contribution in [0.2, 0.25) is 0 Å². The van der Waals surface area contributed by atoms with Gasteiger partial charge in [-0.3, -0.25) is 14.5 Å². The second-order valence-corrected chi connectivity index (χ2v) is 6.16. The van der Waals surface area contributed by atoms with E-state index in [1.54, 1.807) is 23.1 Å². The van der Waals surface area contributed by atoms with Gasteiger partial charge in [-0.25, -0.2) is 4.39 Å². The fourth-order valence-electron chi connectivity index (χ4n) is 3.10. The van der Waals surface area contributed by atoms with Crippen molar-refractivity contribution in [2.75, 3.05) is 6.54 Å². The Morgan fingerprint density at radius 3 is 2.52 bits per heavy atom. The van der Waals surface area contributed by atoms with Crippen LogP contribution in [0.25, 0.3) is 0 Å². The maximum atomic E-state index is 13.6. The zero-order chi connectivity index (χ0) is 17.8. The minimum atomic E-state index is -0.519. The molecule has 2 aromatic carbocycles. The van der Waals surface area contributed by atoms with E-state index < -0.39 is 11.9 Å². The van der Waals surface area contributed by atoms with Crippen LogP contribution in [0.3, 0.4) is 0 Å². The topological polar surface area (TPSA) is 75.4 Å². The Morgan fingerprint density at radius 1 is 1.12 bits per heavy atom. The van der Waals surface area contributed by atoms with Crippen LogP contribution in [-0.4, -0.2) is 29.3 Å². The fraction of sp³-hybridized carbons (Fsp3) is 0.263. The first kappa shape index (κ1) is 17.1. The second kappa shape index (κ2) is 7.44. The zero-order valence-corrected chi connectivity index (χ0v) is 13.7. The fourth-order valence-corrected chi connectivity index (χ4v) is 3.10. The maximum Gasteiger partial charge on any atom is 0.235 e. The highest BCUT2D eigenvalue weighted by molar-refractivity contribution is 5.83. The summed E-state index contributed by atoms with van der Waals surface area (Å²) in [5.74, 6) is -1.07. The van der Waals surface area contributed by atoms with E-state index in [-0.39, 0.29) is 24.8 Å². The molecular formula is C19H20FN3O2. The van der Waals surface area contributed by atoms with E-state index in [4.69, 9.17) is 5.73 Å². The molecule has 0 aliphatic carbocycles. The summed E-state index contributed by atoms with van der Waals surface area (Å²) in [5, 5.41) is 2.70. The van der Waals surface area contributed by atoms with Crippen molar-refractivity contribution in [3.8, 4) is 0 Å². The molecule has 0 aromatic heterocycles. The minimum absolute atomic E-state index is 0.0381. The Kier molecular flexibility index (Phi) is 5.09. The molecule has 1 aliphatic rings. The molecule has 3 N–H and O–H groups in total. The Bertz CT molecular complexity index is 794. The first-order chi connectivity index (χ1) is 12.0. The monoisotopic (exact) mass is 341 g/mol. The number of rotatable bonds is 5. The number of amides is 2. The lowest BCUT2D eigenvalue weighted by Gasteiger charge is -2.34. The first-order valence-electron chi connectivity index (χ1n) is 8.15. The van der Waals surface area contributed by atoms with E-state index in [2.05, 4.69) is 5.32 Å². The van der Waals surface area contributed by atoms with Crippen LogP contribution in [0.5, 0.6) is 0 Å². The van der Waals surface area contributed by atoms with E-state index in [0.717, 1.165) is 11.1 Å². The molecule has 2 aromatic rings. The van der Waals surface area contributed by atoms with Crippen molar-refractivity contribution in [2.24, 2.45) is 5.73 Å². The molecule has 0 unspecified atom stereocenters. The number of primary amides is 1. The molecule has 3 rings (SSSR count). The number of benzene rings is 2. The summed E-state index contributed by atoms with van der Waals surface area (Å²) in [6, 6.07) is 13.6. The van der Waals surface area contributed by atoms with Crippen molar-refractivity contribution in [3.63, 3.8) is 0 Å². The van der Waals surface area contributed by atoms with E-state index in [0.29, 0.717) is 18.5 Å². The molecule has 0 fully saturated rings. The van der Waals surface area contributed by atoms with Gasteiger partial charge in [-0.05, 0) is 23.6 Å². The summed E-state index contributed by atoms with van der Waals surface area (Å²) < 4.78 is 13.6. The van der Waals surface area contributed by atoms with Crippen molar-refractivity contribution in [1.29, 1.82) is 0 Å². The summed E-state index contributed by atoms with van der Waals surface area (Å²) in [5.41, 5.74) is 8.10. The first-order valence-corrected chi connectivity index (χ1v) is 8.15. The molecule has 6 heteroatoms. The molecule has 130 valence electrons. The van der Waals surface area contributed by atoms with E-state index in [1.165, 1.54) is 6.07 Å². The third-order valence-corrected chi connectivity index (χ3v) is 4.45. The van der Waals surface area contributed by atoms with Crippen molar-refractivity contribution in [2.45, 2.75) is 25.6 Å². The Balaban J connectivity index is 1.65. The average Bonchev–Trinajstić information content (AvgIpc) is 2.60. The molecule has 1 atom stereocenters. The zero-order valence-electron chi connectivity index (χ0n) is 13.7. The molecule has 0 bridgehead atoms. The predicted molar refractivity (Wildman–Crippen MR) is 91.8 cm³/mol. The summed E-state index contributed by atoms with van der Waals surface area (Å²) in [4.78, 5) is 25.8. The van der Waals surface area contributed by atoms with Crippen LogP contribution >= 0.6 is 0 Å². The van der Waals surface area contributed by atoms with Gasteiger partial charge in [0.05, 0.1) is 12.6 Å². The Morgan fingerprint density at radius 2 is 1.80 bits per heavy atom. The SMILES string of the molecule is NC(=O)[C@@H]1Cc2ccccc2CN1CC(=O)NCc1ccccc1F. The van der Waals surface area contributed by atoms with Gasteiger partial charge < -0.3 is 11.1 Å². The van der Waals surface area contributed by atoms with Crippen molar-refractivity contribution in [3.05, 3.63) is 71.0 Å². The van der Waals surface area contributed by atoms with Gasteiger partial charge in [0.1, 0.15) is 5.82 Å². The molecule has 25 heavy (non-hydrogen) atoms. The van der Waals surface area contributed by atoms with E-state index >= 15 is 0 Å². The van der Waals surface area contributed by atoms with Crippen LogP contribution in [0.4, 0.5) is 4.39 Å². The second-order valence-electron chi connectivity index (χ2n) is 6.16. The summed E-state index contributed by atoms with van der Waals surface area (Å²) in [6.07, 6.45) is 0.492. The highest BCUT2D eigenvalue weighted by Gasteiger charge is 2.31. The predicted octanol–water partition coefficient (Wildman–Crippen LogP) is 1.35. The molecular weight excluding hydrogens is 321 g/mol. The lowest BCUT2D eigenvalue weighted by atomic mass is 9.93. The van der Waals surface area contributed by atoms with Crippen LogP contribution in [0.15, 0.2) is 48.5 Å². The number of nitrogens with one attached hydrogen (secondary N) is 1. The molecule has 0 saturated heterocycles. The van der Waals surface area contributed by atoms with Crippen molar-refractivity contribution in [1.82, 2.24) is 10.2 Å². The minimum Gasteiger partial charge on any atom is -0.368 e. The van der Waals surface area contributed by atoms with Gasteiger partial charge in [0.25, 0.3) is 0 Å². The van der Waals surface area contributed by atoms with E-state index in [9.17, 15) is 14.0 Å². The van der Waals surface area contributed by atoms with Crippen LogP contribution < -0.4 is 11.1 Å².